The van der Waals surface area contributed by atoms with E-state index in [2.05, 4.69) is 16.4 Å². The summed E-state index contributed by atoms with van der Waals surface area (Å²) >= 11 is 0.881. The first-order valence-electron chi connectivity index (χ1n) is 9.97. The molecule has 2 rings (SSSR count). The number of nitriles is 1. The van der Waals surface area contributed by atoms with Crippen molar-refractivity contribution in [1.29, 1.82) is 10.0 Å². The van der Waals surface area contributed by atoms with E-state index in [1.807, 2.05) is 27.7 Å². The minimum Gasteiger partial charge on any atom is -0.424 e. The minimum atomic E-state index is -2.53. The first-order chi connectivity index (χ1) is 14.8. The number of anilines is 2. The van der Waals surface area contributed by atoms with Crippen LogP contribution in [0.4, 0.5) is 15.5 Å². The third-order valence-corrected chi connectivity index (χ3v) is 6.88. The van der Waals surface area contributed by atoms with Gasteiger partial charge in [0.2, 0.25) is 0 Å². The number of thiazole rings is 1. The van der Waals surface area contributed by atoms with E-state index in [9.17, 15) is 24.5 Å². The van der Waals surface area contributed by atoms with Gasteiger partial charge >= 0.3 is 6.03 Å². The van der Waals surface area contributed by atoms with Crippen molar-refractivity contribution in [2.45, 2.75) is 65.6 Å². The summed E-state index contributed by atoms with van der Waals surface area (Å²) in [4.78, 5) is 17.4. The molecule has 0 saturated heterocycles. The molecule has 0 aliphatic rings. The average Bonchev–Trinajstić information content (AvgIpc) is 3.11. The van der Waals surface area contributed by atoms with Gasteiger partial charge in [-0.25, -0.2) is 9.78 Å². The van der Waals surface area contributed by atoms with Crippen LogP contribution in [-0.2, 0) is 27.2 Å². The van der Waals surface area contributed by atoms with Crippen LogP contribution < -0.4 is 9.62 Å². The number of amides is 2. The lowest BCUT2D eigenvalue weighted by Gasteiger charge is -2.28. The average molecular weight is 479 g/mol. The molecule has 0 fully saturated rings. The molecule has 0 spiro atoms. The molecule has 1 heterocycles. The van der Waals surface area contributed by atoms with Crippen LogP contribution >= 0.6 is 11.3 Å². The van der Waals surface area contributed by atoms with Gasteiger partial charge in [0.05, 0.1) is 23.9 Å². The quantitative estimate of drug-likeness (QED) is 0.425. The number of carbonyl (C=O) groups is 1. The van der Waals surface area contributed by atoms with Crippen molar-refractivity contribution >= 4 is 38.8 Å². The van der Waals surface area contributed by atoms with Crippen molar-refractivity contribution in [1.82, 2.24) is 4.98 Å². The number of benzene rings is 1. The molecule has 2 aromatic rings. The van der Waals surface area contributed by atoms with Crippen molar-refractivity contribution < 1.29 is 19.2 Å². The van der Waals surface area contributed by atoms with E-state index < -0.39 is 29.0 Å². The lowest BCUT2D eigenvalue weighted by atomic mass is 9.90. The predicted octanol–water partition coefficient (Wildman–Crippen LogP) is 4.66. The Balaban J connectivity index is 2.62. The normalized spacial score (nSPS) is 11.8. The molecule has 32 heavy (non-hydrogen) atoms. The van der Waals surface area contributed by atoms with Gasteiger partial charge < -0.3 is 28.8 Å². The highest BCUT2D eigenvalue weighted by atomic mass is 32.2. The Hall–Kier alpha value is -2.52. The highest BCUT2D eigenvalue weighted by molar-refractivity contribution is 7.76. The highest BCUT2D eigenvalue weighted by Gasteiger charge is 2.27. The summed E-state index contributed by atoms with van der Waals surface area (Å²) in [6.45, 7) is 10.2. The molecule has 0 saturated carbocycles. The summed E-state index contributed by atoms with van der Waals surface area (Å²) in [6, 6.07) is 4.70. The number of aromatic nitrogens is 1. The fraction of sp³-hybridized carbons (Fsp3) is 0.476. The molecule has 1 aromatic heterocycles. The SMILES string of the molecule is CC(C)c1cc(C#N)cc(C(C)C)c1NC(=O)N(c1sc(C(C)(C)O)nc1CO)[S-](=N)=O. The number of carbonyl (C=O) groups excluding carboxylic acids is 1. The maximum absolute atomic E-state index is 13.3. The van der Waals surface area contributed by atoms with Crippen LogP contribution in [0.25, 0.3) is 0 Å². The number of aliphatic hydroxyl groups is 2. The highest BCUT2D eigenvalue weighted by Crippen LogP contribution is 2.37. The van der Waals surface area contributed by atoms with Gasteiger partial charge in [-0.1, -0.05) is 49.8 Å². The van der Waals surface area contributed by atoms with Gasteiger partial charge in [-0.15, -0.1) is 0 Å². The first-order valence-corrected chi connectivity index (χ1v) is 11.9. The van der Waals surface area contributed by atoms with Crippen molar-refractivity contribution in [2.75, 3.05) is 9.62 Å². The number of nitrogens with one attached hydrogen (secondary N) is 2. The molecule has 2 amide bonds. The van der Waals surface area contributed by atoms with Gasteiger partial charge in [0, 0.05) is 5.69 Å². The van der Waals surface area contributed by atoms with Crippen LogP contribution in [0.1, 0.15) is 80.8 Å². The predicted molar refractivity (Wildman–Crippen MR) is 125 cm³/mol. The summed E-state index contributed by atoms with van der Waals surface area (Å²) in [5.41, 5.74) is 1.13. The Labute approximate surface area is 193 Å². The molecule has 9 nitrogen and oxygen atoms in total. The number of rotatable bonds is 7. The maximum atomic E-state index is 13.3. The number of aliphatic hydroxyl groups excluding tert-OH is 1. The second kappa shape index (κ2) is 9.95. The van der Waals surface area contributed by atoms with Crippen LogP contribution in [-0.4, -0.2) is 21.2 Å². The van der Waals surface area contributed by atoms with Crippen LogP contribution in [0.3, 0.4) is 0 Å². The standard InChI is InChI=1S/C21H28N5O4S2/c1-11(2)14-7-13(9-22)8-15(12(3)4)17(14)25-20(28)26(32(23)30)18-16(10-27)24-19(31-18)21(5,6)29/h7-8,11-12,23,27,29H,10H2,1-6H3,(H,25,28)/q-1. The molecule has 0 radical (unpaired) electrons. The lowest BCUT2D eigenvalue weighted by molar-refractivity contribution is 0.0779. The van der Waals surface area contributed by atoms with Crippen LogP contribution in [0.2, 0.25) is 0 Å². The van der Waals surface area contributed by atoms with Gasteiger partial charge in [0.25, 0.3) is 0 Å². The van der Waals surface area contributed by atoms with Gasteiger partial charge in [0.1, 0.15) is 15.6 Å². The number of hydrogen-bond acceptors (Lipinski definition) is 9. The molecule has 1 aromatic carbocycles. The fourth-order valence-electron chi connectivity index (χ4n) is 3.07. The largest absolute Gasteiger partial charge is 0.424 e. The number of hydrogen-bond donors (Lipinski definition) is 4. The van der Waals surface area contributed by atoms with E-state index in [1.54, 1.807) is 12.1 Å². The fourth-order valence-corrected chi connectivity index (χ4v) is 4.82. The zero-order valence-electron chi connectivity index (χ0n) is 18.9. The first kappa shape index (κ1) is 25.7. The van der Waals surface area contributed by atoms with E-state index in [-0.39, 0.29) is 27.5 Å². The minimum absolute atomic E-state index is 0.0151. The Morgan fingerprint density at radius 1 is 1.31 bits per heavy atom. The Morgan fingerprint density at radius 2 is 1.84 bits per heavy atom. The zero-order chi connectivity index (χ0) is 24.4. The van der Waals surface area contributed by atoms with E-state index in [1.165, 1.54) is 13.8 Å². The topological polar surface area (TPSA) is 150 Å². The number of nitrogens with zero attached hydrogens (tertiary/aromatic N) is 3. The summed E-state index contributed by atoms with van der Waals surface area (Å²) in [5.74, 6) is -0.0477. The zero-order valence-corrected chi connectivity index (χ0v) is 20.5. The van der Waals surface area contributed by atoms with Gasteiger partial charge in [-0.05, 0) is 48.9 Å². The van der Waals surface area contributed by atoms with Crippen LogP contribution in [0.5, 0.6) is 0 Å². The molecule has 0 unspecified atom stereocenters. The summed E-state index contributed by atoms with van der Waals surface area (Å²) in [6.07, 6.45) is 0. The van der Waals surface area contributed by atoms with E-state index >= 15 is 0 Å². The van der Waals surface area contributed by atoms with Crippen molar-refractivity contribution in [2.24, 2.45) is 0 Å². The molecule has 0 aliphatic heterocycles. The molecule has 0 bridgehead atoms. The number of urea groups is 1. The maximum Gasteiger partial charge on any atom is 0.310 e. The molecule has 0 atom stereocenters. The van der Waals surface area contributed by atoms with E-state index in [0.29, 0.717) is 15.6 Å². The van der Waals surface area contributed by atoms with Crippen LogP contribution in [0, 0.1) is 16.1 Å². The Bertz CT molecular complexity index is 1090. The van der Waals surface area contributed by atoms with Gasteiger partial charge in [-0.3, -0.25) is 0 Å². The van der Waals surface area contributed by atoms with E-state index in [0.717, 1.165) is 22.5 Å². The molecular weight excluding hydrogens is 450 g/mol. The molecule has 4 N–H and O–H groups in total. The monoisotopic (exact) mass is 478 g/mol. The Morgan fingerprint density at radius 3 is 2.22 bits per heavy atom. The van der Waals surface area contributed by atoms with Gasteiger partial charge in [-0.2, -0.15) is 5.26 Å². The summed E-state index contributed by atoms with van der Waals surface area (Å²) in [7, 11) is -2.53. The summed E-state index contributed by atoms with van der Waals surface area (Å²) < 4.78 is 20.7. The lowest BCUT2D eigenvalue weighted by Crippen LogP contribution is -2.34. The second-order valence-corrected chi connectivity index (χ2v) is 10.3. The second-order valence-electron chi connectivity index (χ2n) is 8.41. The van der Waals surface area contributed by atoms with Gasteiger partial charge in [0.15, 0.2) is 0 Å². The smallest absolute Gasteiger partial charge is 0.310 e. The van der Waals surface area contributed by atoms with Crippen molar-refractivity contribution in [3.05, 3.63) is 39.5 Å². The third kappa shape index (κ3) is 5.45. The van der Waals surface area contributed by atoms with E-state index in [4.69, 9.17) is 4.78 Å². The molecule has 11 heteroatoms. The molecular formula is C21H28N5O4S2-. The van der Waals surface area contributed by atoms with Crippen molar-refractivity contribution in [3.8, 4) is 6.07 Å². The Kier molecular flexibility index (Phi) is 8.01. The van der Waals surface area contributed by atoms with Crippen molar-refractivity contribution in [3.63, 3.8) is 0 Å². The molecule has 174 valence electrons. The summed E-state index contributed by atoms with van der Waals surface area (Å²) in [5, 5.41) is 32.4. The third-order valence-electron chi connectivity index (χ3n) is 4.69. The molecule has 0 aliphatic carbocycles. The van der Waals surface area contributed by atoms with Crippen LogP contribution in [0.15, 0.2) is 12.1 Å².